The zero-order valence-electron chi connectivity index (χ0n) is 16.2. The van der Waals surface area contributed by atoms with Crippen LogP contribution in [0.4, 0.5) is 5.69 Å². The molecule has 27 heavy (non-hydrogen) atoms. The van der Waals surface area contributed by atoms with Crippen molar-refractivity contribution >= 4 is 24.0 Å². The molecule has 2 heterocycles. The molecule has 1 aromatic carbocycles. The van der Waals surface area contributed by atoms with Crippen LogP contribution in [0, 0.1) is 12.3 Å². The minimum atomic E-state index is -0.453. The fraction of sp³-hybridized carbons (Fsp3) is 0.650. The smallest absolute Gasteiger partial charge is 0.233 e. The number of rotatable bonds is 6. The predicted octanol–water partition coefficient (Wildman–Crippen LogP) is 2.93. The summed E-state index contributed by atoms with van der Waals surface area (Å²) in [5.41, 5.74) is 1.38. The van der Waals surface area contributed by atoms with Gasteiger partial charge in [-0.25, -0.2) is 0 Å². The lowest BCUT2D eigenvalue weighted by atomic mass is 9.78. The van der Waals surface area contributed by atoms with Crippen LogP contribution in [0.15, 0.2) is 18.2 Å². The van der Waals surface area contributed by atoms with Gasteiger partial charge in [-0.3, -0.25) is 4.79 Å². The predicted molar refractivity (Wildman–Crippen MR) is 108 cm³/mol. The Bertz CT molecular complexity index is 608. The monoisotopic (exact) mass is 398 g/mol. The zero-order chi connectivity index (χ0) is 18.4. The summed E-state index contributed by atoms with van der Waals surface area (Å²) in [5.74, 6) is 0.918. The SMILES string of the molecule is COCC1(C(=O)Nc2ccc(OC3CCOCC3)c(C)c2)CCNCC1.Cl. The number of carbonyl (C=O) groups is 1. The number of hydrogen-bond acceptors (Lipinski definition) is 5. The molecule has 2 aliphatic heterocycles. The van der Waals surface area contributed by atoms with Crippen LogP contribution in [-0.4, -0.2) is 52.0 Å². The second kappa shape index (κ2) is 10.3. The van der Waals surface area contributed by atoms with Crippen LogP contribution in [0.1, 0.15) is 31.2 Å². The average molecular weight is 399 g/mol. The third-order valence-corrected chi connectivity index (χ3v) is 5.36. The van der Waals surface area contributed by atoms with E-state index < -0.39 is 5.41 Å². The van der Waals surface area contributed by atoms with Crippen LogP contribution in [0.3, 0.4) is 0 Å². The van der Waals surface area contributed by atoms with Crippen LogP contribution < -0.4 is 15.4 Å². The quantitative estimate of drug-likeness (QED) is 0.771. The van der Waals surface area contributed by atoms with E-state index in [1.807, 2.05) is 25.1 Å². The first-order chi connectivity index (χ1) is 12.6. The van der Waals surface area contributed by atoms with Gasteiger partial charge in [0.25, 0.3) is 0 Å². The van der Waals surface area contributed by atoms with Gasteiger partial charge >= 0.3 is 0 Å². The maximum atomic E-state index is 12.9. The van der Waals surface area contributed by atoms with E-state index in [1.54, 1.807) is 7.11 Å². The van der Waals surface area contributed by atoms with E-state index in [0.29, 0.717) is 6.61 Å². The van der Waals surface area contributed by atoms with Crippen LogP contribution in [-0.2, 0) is 14.3 Å². The number of methoxy groups -OCH3 is 1. The molecule has 2 aliphatic rings. The first-order valence-corrected chi connectivity index (χ1v) is 9.49. The normalized spacial score (nSPS) is 19.8. The Labute approximate surface area is 167 Å². The zero-order valence-corrected chi connectivity index (χ0v) is 17.0. The lowest BCUT2D eigenvalue weighted by Crippen LogP contribution is -2.47. The molecular weight excluding hydrogens is 368 g/mol. The molecule has 0 unspecified atom stereocenters. The standard InChI is InChI=1S/C20H30N2O4.ClH/c1-15-13-16(3-4-18(15)26-17-5-11-25-12-6-17)22-19(23)20(14-24-2)7-9-21-10-8-20;/h3-4,13,17,21H,5-12,14H2,1-2H3,(H,22,23);1H. The number of hydrogen-bond donors (Lipinski definition) is 2. The van der Waals surface area contributed by atoms with E-state index in [2.05, 4.69) is 10.6 Å². The molecule has 0 aliphatic carbocycles. The van der Waals surface area contributed by atoms with Crippen molar-refractivity contribution in [2.45, 2.75) is 38.7 Å². The minimum absolute atomic E-state index is 0. The van der Waals surface area contributed by atoms with Gasteiger partial charge in [0.15, 0.2) is 0 Å². The second-order valence-corrected chi connectivity index (χ2v) is 7.33. The summed E-state index contributed by atoms with van der Waals surface area (Å²) in [7, 11) is 1.66. The van der Waals surface area contributed by atoms with Gasteiger partial charge in [-0.05, 0) is 56.6 Å². The van der Waals surface area contributed by atoms with Crippen LogP contribution in [0.5, 0.6) is 5.75 Å². The van der Waals surface area contributed by atoms with Crippen LogP contribution >= 0.6 is 12.4 Å². The van der Waals surface area contributed by atoms with Crippen molar-refractivity contribution in [1.82, 2.24) is 5.32 Å². The van der Waals surface area contributed by atoms with E-state index in [0.717, 1.165) is 69.0 Å². The van der Waals surface area contributed by atoms with E-state index in [1.165, 1.54) is 0 Å². The molecule has 0 bridgehead atoms. The highest BCUT2D eigenvalue weighted by Gasteiger charge is 2.39. The number of aryl methyl sites for hydroxylation is 1. The van der Waals surface area contributed by atoms with Gasteiger partial charge in [-0.1, -0.05) is 0 Å². The minimum Gasteiger partial charge on any atom is -0.490 e. The molecule has 3 rings (SSSR count). The van der Waals surface area contributed by atoms with Gasteiger partial charge in [-0.2, -0.15) is 0 Å². The lowest BCUT2D eigenvalue weighted by Gasteiger charge is -2.35. The van der Waals surface area contributed by atoms with Crippen LogP contribution in [0.25, 0.3) is 0 Å². The number of anilines is 1. The fourth-order valence-corrected chi connectivity index (χ4v) is 3.72. The first kappa shape index (κ1) is 22.0. The van der Waals surface area contributed by atoms with E-state index in [-0.39, 0.29) is 24.4 Å². The molecule has 2 N–H and O–H groups in total. The number of nitrogens with one attached hydrogen (secondary N) is 2. The molecule has 0 radical (unpaired) electrons. The van der Waals surface area contributed by atoms with Crippen molar-refractivity contribution < 1.29 is 19.0 Å². The van der Waals surface area contributed by atoms with Gasteiger partial charge in [0.05, 0.1) is 25.2 Å². The van der Waals surface area contributed by atoms with Crippen molar-refractivity contribution in [3.05, 3.63) is 23.8 Å². The molecule has 0 aromatic heterocycles. The van der Waals surface area contributed by atoms with Crippen molar-refractivity contribution in [3.8, 4) is 5.75 Å². The van der Waals surface area contributed by atoms with Gasteiger partial charge in [-0.15, -0.1) is 12.4 Å². The summed E-state index contributed by atoms with van der Waals surface area (Å²) < 4.78 is 16.8. The molecular formula is C20H31ClN2O4. The molecule has 1 amide bonds. The summed E-state index contributed by atoms with van der Waals surface area (Å²) in [4.78, 5) is 12.9. The summed E-state index contributed by atoms with van der Waals surface area (Å²) in [6.07, 6.45) is 3.63. The summed E-state index contributed by atoms with van der Waals surface area (Å²) >= 11 is 0. The average Bonchev–Trinajstić information content (AvgIpc) is 2.66. The molecule has 7 heteroatoms. The highest BCUT2D eigenvalue weighted by Crippen LogP contribution is 2.32. The Kier molecular flexibility index (Phi) is 8.35. The topological polar surface area (TPSA) is 68.8 Å². The Morgan fingerprint density at radius 1 is 1.30 bits per heavy atom. The highest BCUT2D eigenvalue weighted by molar-refractivity contribution is 5.95. The van der Waals surface area contributed by atoms with Gasteiger partial charge < -0.3 is 24.8 Å². The molecule has 2 fully saturated rings. The number of ether oxygens (including phenoxy) is 3. The molecule has 2 saturated heterocycles. The molecule has 1 aromatic rings. The van der Waals surface area contributed by atoms with Crippen molar-refractivity contribution in [2.24, 2.45) is 5.41 Å². The number of benzene rings is 1. The van der Waals surface area contributed by atoms with Crippen LogP contribution in [0.2, 0.25) is 0 Å². The third-order valence-electron chi connectivity index (χ3n) is 5.36. The number of amides is 1. The largest absolute Gasteiger partial charge is 0.490 e. The number of carbonyl (C=O) groups excluding carboxylic acids is 1. The van der Waals surface area contributed by atoms with Crippen molar-refractivity contribution in [3.63, 3.8) is 0 Å². The molecule has 0 saturated carbocycles. The molecule has 0 spiro atoms. The van der Waals surface area contributed by atoms with E-state index in [4.69, 9.17) is 14.2 Å². The molecule has 6 nitrogen and oxygen atoms in total. The summed E-state index contributed by atoms with van der Waals surface area (Å²) in [6, 6.07) is 5.85. The fourth-order valence-electron chi connectivity index (χ4n) is 3.72. The maximum absolute atomic E-state index is 12.9. The molecule has 152 valence electrons. The number of halogens is 1. The maximum Gasteiger partial charge on any atom is 0.233 e. The third kappa shape index (κ3) is 5.57. The Morgan fingerprint density at radius 3 is 2.63 bits per heavy atom. The lowest BCUT2D eigenvalue weighted by molar-refractivity contribution is -0.130. The van der Waals surface area contributed by atoms with E-state index in [9.17, 15) is 4.79 Å². The molecule has 0 atom stereocenters. The Morgan fingerprint density at radius 2 is 2.00 bits per heavy atom. The van der Waals surface area contributed by atoms with Crippen molar-refractivity contribution in [2.75, 3.05) is 45.3 Å². The Hall–Kier alpha value is -1.34. The highest BCUT2D eigenvalue weighted by atomic mass is 35.5. The van der Waals surface area contributed by atoms with Gasteiger partial charge in [0, 0.05) is 25.6 Å². The summed E-state index contributed by atoms with van der Waals surface area (Å²) in [5, 5.41) is 6.40. The number of piperidine rings is 1. The second-order valence-electron chi connectivity index (χ2n) is 7.33. The van der Waals surface area contributed by atoms with Gasteiger partial charge in [0.1, 0.15) is 11.9 Å². The summed E-state index contributed by atoms with van der Waals surface area (Å²) in [6.45, 7) is 5.66. The Balaban J connectivity index is 0.00000261. The first-order valence-electron chi connectivity index (χ1n) is 9.49. The van der Waals surface area contributed by atoms with E-state index >= 15 is 0 Å². The van der Waals surface area contributed by atoms with Crippen molar-refractivity contribution in [1.29, 1.82) is 0 Å². The van der Waals surface area contributed by atoms with Gasteiger partial charge in [0.2, 0.25) is 5.91 Å².